The molecule has 2 heterocycles. The lowest BCUT2D eigenvalue weighted by molar-refractivity contribution is -0.183. The Morgan fingerprint density at radius 1 is 1.26 bits per heavy atom. The molecule has 0 bridgehead atoms. The first kappa shape index (κ1) is 21.1. The molecule has 1 aromatic rings. The van der Waals surface area contributed by atoms with Crippen LogP contribution in [-0.2, 0) is 19.1 Å². The van der Waals surface area contributed by atoms with Crippen LogP contribution >= 0.6 is 11.8 Å². The van der Waals surface area contributed by atoms with Gasteiger partial charge in [-0.15, -0.1) is 5.10 Å². The molecule has 13 heteroatoms. The number of amides is 1. The fourth-order valence-electron chi connectivity index (χ4n) is 2.85. The maximum absolute atomic E-state index is 12.3. The summed E-state index contributed by atoms with van der Waals surface area (Å²) in [6, 6.07) is 0. The van der Waals surface area contributed by atoms with Crippen molar-refractivity contribution >= 4 is 34.4 Å². The molecule has 1 aromatic heterocycles. The SMILES string of the molecule is CC(=O)[C@@]1(O)[C@@H](C(=O)C(C)O)O[C@@H](n2ncc(SC(N)=O)n2)[C@@]1(O)C(C)=O. The van der Waals surface area contributed by atoms with Crippen molar-refractivity contribution in [3.8, 4) is 0 Å². The van der Waals surface area contributed by atoms with Crippen LogP contribution in [0.3, 0.4) is 0 Å². The number of carbonyl (C=O) groups is 4. The molecule has 0 saturated carbocycles. The zero-order chi connectivity index (χ0) is 20.7. The highest BCUT2D eigenvalue weighted by molar-refractivity contribution is 8.13. The molecule has 5 N–H and O–H groups in total. The predicted molar refractivity (Wildman–Crippen MR) is 87.3 cm³/mol. The van der Waals surface area contributed by atoms with Gasteiger partial charge in [0.05, 0.1) is 6.20 Å². The quantitative estimate of drug-likeness (QED) is 0.382. The summed E-state index contributed by atoms with van der Waals surface area (Å²) in [6.45, 7) is 2.80. The Hall–Kier alpha value is -2.19. The Balaban J connectivity index is 2.62. The Bertz CT molecular complexity index is 811. The maximum Gasteiger partial charge on any atom is 0.282 e. The van der Waals surface area contributed by atoms with Crippen LogP contribution in [-0.4, -0.2) is 76.3 Å². The van der Waals surface area contributed by atoms with Crippen LogP contribution in [0.5, 0.6) is 0 Å². The molecule has 5 atom stereocenters. The van der Waals surface area contributed by atoms with E-state index in [4.69, 9.17) is 10.5 Å². The van der Waals surface area contributed by atoms with Crippen molar-refractivity contribution in [3.05, 3.63) is 6.20 Å². The van der Waals surface area contributed by atoms with Crippen molar-refractivity contribution in [2.24, 2.45) is 5.73 Å². The zero-order valence-electron chi connectivity index (χ0n) is 14.5. The largest absolute Gasteiger partial charge is 0.386 e. The van der Waals surface area contributed by atoms with Crippen molar-refractivity contribution in [2.45, 2.75) is 55.4 Å². The number of ketones is 3. The number of aliphatic hydroxyl groups is 3. The normalized spacial score (nSPS) is 31.5. The number of thioether (sulfide) groups is 1. The molecule has 12 nitrogen and oxygen atoms in total. The van der Waals surface area contributed by atoms with E-state index >= 15 is 0 Å². The van der Waals surface area contributed by atoms with E-state index in [9.17, 15) is 34.5 Å². The van der Waals surface area contributed by atoms with Gasteiger partial charge in [-0.1, -0.05) is 0 Å². The Labute approximate surface area is 156 Å². The monoisotopic (exact) mass is 402 g/mol. The summed E-state index contributed by atoms with van der Waals surface area (Å²) >= 11 is 0.491. The van der Waals surface area contributed by atoms with E-state index in [1.54, 1.807) is 0 Å². The van der Waals surface area contributed by atoms with Gasteiger partial charge < -0.3 is 25.8 Å². The molecule has 1 aliphatic rings. The van der Waals surface area contributed by atoms with Crippen LogP contribution in [0.1, 0.15) is 27.0 Å². The lowest BCUT2D eigenvalue weighted by Gasteiger charge is -2.36. The minimum atomic E-state index is -3.00. The molecule has 1 aliphatic heterocycles. The Morgan fingerprint density at radius 3 is 2.26 bits per heavy atom. The summed E-state index contributed by atoms with van der Waals surface area (Å²) in [4.78, 5) is 48.3. The van der Waals surface area contributed by atoms with E-state index in [-0.39, 0.29) is 5.03 Å². The van der Waals surface area contributed by atoms with Crippen LogP contribution < -0.4 is 5.73 Å². The molecular formula is C14H18N4O8S. The molecule has 1 unspecified atom stereocenters. The molecule has 0 aromatic carbocycles. The molecule has 0 aliphatic carbocycles. The van der Waals surface area contributed by atoms with E-state index in [0.29, 0.717) is 16.6 Å². The highest BCUT2D eigenvalue weighted by atomic mass is 32.2. The Kier molecular flexibility index (Phi) is 5.54. The van der Waals surface area contributed by atoms with Crippen LogP contribution in [0.2, 0.25) is 0 Å². The number of aromatic nitrogens is 3. The van der Waals surface area contributed by atoms with Crippen molar-refractivity contribution < 1.29 is 39.2 Å². The summed E-state index contributed by atoms with van der Waals surface area (Å²) in [5.41, 5.74) is -0.919. The van der Waals surface area contributed by atoms with Gasteiger partial charge in [0.15, 0.2) is 29.1 Å². The summed E-state index contributed by atoms with van der Waals surface area (Å²) < 4.78 is 5.30. The molecular weight excluding hydrogens is 384 g/mol. The number of primary amides is 1. The van der Waals surface area contributed by atoms with Gasteiger partial charge in [0.25, 0.3) is 5.24 Å². The number of nitrogens with two attached hydrogens (primary N) is 1. The zero-order valence-corrected chi connectivity index (χ0v) is 15.3. The van der Waals surface area contributed by atoms with E-state index < -0.39 is 52.2 Å². The average molecular weight is 402 g/mol. The second kappa shape index (κ2) is 7.09. The standard InChI is InChI=1S/C14H18N4O8S/c1-5(19)9(22)10-13(24,6(2)20)14(25,7(3)21)11(26-10)18-16-4-8(17-18)27-12(15)23/h4-5,10-11,19,24-25H,1-3H3,(H2,15,23)/t5?,10-,11-,13-,14+/m1/s1. The number of aliphatic hydroxyl groups excluding tert-OH is 1. The number of nitrogens with zero attached hydrogens (tertiary/aromatic N) is 3. The minimum absolute atomic E-state index is 0.0198. The number of carbonyl (C=O) groups excluding carboxylic acids is 4. The lowest BCUT2D eigenvalue weighted by atomic mass is 9.73. The third-order valence-corrected chi connectivity index (χ3v) is 4.83. The molecule has 1 saturated heterocycles. The second-order valence-electron chi connectivity index (χ2n) is 6.02. The fraction of sp³-hybridized carbons (Fsp3) is 0.571. The number of hydrogen-bond acceptors (Lipinski definition) is 11. The highest BCUT2D eigenvalue weighted by Crippen LogP contribution is 2.47. The molecule has 27 heavy (non-hydrogen) atoms. The average Bonchev–Trinajstić information content (AvgIpc) is 3.09. The van der Waals surface area contributed by atoms with Crippen LogP contribution in [0.4, 0.5) is 4.79 Å². The molecule has 0 radical (unpaired) electrons. The maximum atomic E-state index is 12.3. The van der Waals surface area contributed by atoms with Crippen molar-refractivity contribution in [3.63, 3.8) is 0 Å². The van der Waals surface area contributed by atoms with Crippen LogP contribution in [0, 0.1) is 0 Å². The van der Waals surface area contributed by atoms with E-state index in [1.165, 1.54) is 0 Å². The summed E-state index contributed by atoms with van der Waals surface area (Å²) in [5.74, 6) is -3.37. The summed E-state index contributed by atoms with van der Waals surface area (Å²) in [5, 5.41) is 38.2. The molecule has 0 spiro atoms. The summed E-state index contributed by atoms with van der Waals surface area (Å²) in [6.07, 6.45) is -4.55. The van der Waals surface area contributed by atoms with Gasteiger partial charge >= 0.3 is 0 Å². The third kappa shape index (κ3) is 3.17. The van der Waals surface area contributed by atoms with Crippen LogP contribution in [0.15, 0.2) is 11.2 Å². The highest BCUT2D eigenvalue weighted by Gasteiger charge is 2.74. The molecule has 2 rings (SSSR count). The van der Waals surface area contributed by atoms with Gasteiger partial charge in [-0.05, 0) is 32.5 Å². The number of hydrogen-bond donors (Lipinski definition) is 4. The first-order valence-corrected chi connectivity index (χ1v) is 8.42. The molecule has 148 valence electrons. The van der Waals surface area contributed by atoms with Gasteiger partial charge in [0.1, 0.15) is 11.1 Å². The smallest absolute Gasteiger partial charge is 0.282 e. The van der Waals surface area contributed by atoms with E-state index in [0.717, 1.165) is 27.0 Å². The van der Waals surface area contributed by atoms with Crippen molar-refractivity contribution in [1.82, 2.24) is 15.0 Å². The van der Waals surface area contributed by atoms with Gasteiger partial charge in [-0.25, -0.2) is 0 Å². The lowest BCUT2D eigenvalue weighted by Crippen LogP contribution is -2.67. The fourth-order valence-corrected chi connectivity index (χ4v) is 3.28. The summed E-state index contributed by atoms with van der Waals surface area (Å²) in [7, 11) is 0. The van der Waals surface area contributed by atoms with Crippen molar-refractivity contribution in [1.29, 1.82) is 0 Å². The second-order valence-corrected chi connectivity index (χ2v) is 7.04. The molecule has 1 amide bonds. The predicted octanol–water partition coefficient (Wildman–Crippen LogP) is -2.06. The number of Topliss-reactive ketones (excluding diaryl/α,β-unsaturated/α-hetero) is 3. The van der Waals surface area contributed by atoms with Crippen LogP contribution in [0.25, 0.3) is 0 Å². The Morgan fingerprint density at radius 2 is 1.81 bits per heavy atom. The van der Waals surface area contributed by atoms with E-state index in [2.05, 4.69) is 10.2 Å². The molecule has 1 fully saturated rings. The third-order valence-electron chi connectivity index (χ3n) is 4.23. The van der Waals surface area contributed by atoms with Crippen molar-refractivity contribution in [2.75, 3.05) is 0 Å². The first-order chi connectivity index (χ1) is 12.4. The minimum Gasteiger partial charge on any atom is -0.386 e. The first-order valence-electron chi connectivity index (χ1n) is 7.60. The number of rotatable bonds is 6. The topological polar surface area (TPSA) is 195 Å². The van der Waals surface area contributed by atoms with Gasteiger partial charge in [0, 0.05) is 0 Å². The van der Waals surface area contributed by atoms with Gasteiger partial charge in [0.2, 0.25) is 11.8 Å². The van der Waals surface area contributed by atoms with Gasteiger partial charge in [-0.3, -0.25) is 19.2 Å². The van der Waals surface area contributed by atoms with Gasteiger partial charge in [-0.2, -0.15) is 9.90 Å². The number of ether oxygens (including phenoxy) is 1. The van der Waals surface area contributed by atoms with E-state index in [1.807, 2.05) is 0 Å².